The maximum absolute atomic E-state index is 11.7. The molecule has 0 saturated carbocycles. The Hall–Kier alpha value is -2.76. The first-order chi connectivity index (χ1) is 12.5. The van der Waals surface area contributed by atoms with Crippen molar-refractivity contribution in [3.05, 3.63) is 36.9 Å². The number of amides is 1. The summed E-state index contributed by atoms with van der Waals surface area (Å²) in [4.78, 5) is 18.0. The molecule has 1 fully saturated rings. The molecule has 1 amide bonds. The third-order valence-electron chi connectivity index (χ3n) is 4.55. The molecule has 0 unspecified atom stereocenters. The monoisotopic (exact) mass is 356 g/mol. The first-order valence-corrected chi connectivity index (χ1v) is 8.79. The van der Waals surface area contributed by atoms with E-state index in [1.54, 1.807) is 13.3 Å². The Balaban J connectivity index is 2.22. The van der Waals surface area contributed by atoms with Crippen LogP contribution in [0, 0.1) is 0 Å². The van der Waals surface area contributed by atoms with Gasteiger partial charge in [0.25, 0.3) is 0 Å². The Kier molecular flexibility index (Phi) is 6.83. The number of methoxy groups -OCH3 is 1. The molecule has 0 aromatic heterocycles. The Morgan fingerprint density at radius 2 is 2.08 bits per heavy atom. The molecule has 2 rings (SSSR count). The highest BCUT2D eigenvalue weighted by Gasteiger charge is 2.22. The van der Waals surface area contributed by atoms with Gasteiger partial charge in [0.2, 0.25) is 5.91 Å². The number of carbonyl (C=O) groups excluding carboxylic acids is 1. The smallest absolute Gasteiger partial charge is 0.245 e. The predicted octanol–water partition coefficient (Wildman–Crippen LogP) is 3.20. The minimum Gasteiger partial charge on any atom is -0.495 e. The average Bonchev–Trinajstić information content (AvgIpc) is 2.68. The highest BCUT2D eigenvalue weighted by Crippen LogP contribution is 2.36. The second-order valence-electron chi connectivity index (χ2n) is 6.13. The van der Waals surface area contributed by atoms with Gasteiger partial charge in [-0.05, 0) is 31.9 Å². The number of nitrogens with one attached hydrogen (secondary N) is 2. The number of ether oxygens (including phenoxy) is 1. The van der Waals surface area contributed by atoms with E-state index < -0.39 is 0 Å². The first-order valence-electron chi connectivity index (χ1n) is 8.79. The normalized spacial score (nSPS) is 15.0. The molecule has 0 spiro atoms. The van der Waals surface area contributed by atoms with Crippen LogP contribution in [0.3, 0.4) is 0 Å². The number of hydrogen-bond donors (Lipinski definition) is 2. The Morgan fingerprint density at radius 1 is 1.38 bits per heavy atom. The Morgan fingerprint density at radius 3 is 2.62 bits per heavy atom. The number of benzene rings is 1. The Labute approximate surface area is 155 Å². The maximum atomic E-state index is 11.7. The van der Waals surface area contributed by atoms with E-state index in [2.05, 4.69) is 28.8 Å². The summed E-state index contributed by atoms with van der Waals surface area (Å²) in [5, 5.41) is 6.64. The van der Waals surface area contributed by atoms with Gasteiger partial charge in [-0.2, -0.15) is 0 Å². The van der Waals surface area contributed by atoms with E-state index in [-0.39, 0.29) is 11.9 Å². The van der Waals surface area contributed by atoms with Crippen molar-refractivity contribution in [2.75, 3.05) is 32.6 Å². The highest BCUT2D eigenvalue weighted by atomic mass is 16.5. The topological polar surface area (TPSA) is 66.0 Å². The molecule has 1 aromatic carbocycles. The summed E-state index contributed by atoms with van der Waals surface area (Å²) >= 11 is 0. The van der Waals surface area contributed by atoms with Gasteiger partial charge in [-0.15, -0.1) is 0 Å². The molecule has 0 atom stereocenters. The number of carbonyl (C=O) groups is 1. The lowest BCUT2D eigenvalue weighted by Gasteiger charge is -2.32. The van der Waals surface area contributed by atoms with Gasteiger partial charge in [-0.3, -0.25) is 9.79 Å². The van der Waals surface area contributed by atoms with Gasteiger partial charge in [0.1, 0.15) is 5.75 Å². The fraction of sp³-hybridized carbons (Fsp3) is 0.400. The number of rotatable bonds is 7. The van der Waals surface area contributed by atoms with Crippen molar-refractivity contribution in [3.63, 3.8) is 0 Å². The zero-order valence-corrected chi connectivity index (χ0v) is 15.8. The summed E-state index contributed by atoms with van der Waals surface area (Å²) in [6, 6.07) is 4.20. The molecule has 0 aliphatic carbocycles. The fourth-order valence-corrected chi connectivity index (χ4v) is 3.07. The second-order valence-corrected chi connectivity index (χ2v) is 6.13. The molecule has 0 radical (unpaired) electrons. The van der Waals surface area contributed by atoms with Crippen LogP contribution in [-0.4, -0.2) is 50.3 Å². The van der Waals surface area contributed by atoms with E-state index in [0.29, 0.717) is 0 Å². The molecule has 1 aliphatic heterocycles. The van der Waals surface area contributed by atoms with Crippen LogP contribution in [-0.2, 0) is 4.79 Å². The van der Waals surface area contributed by atoms with Crippen LogP contribution in [0.15, 0.2) is 36.4 Å². The number of nitrogens with zero attached hydrogens (tertiary/aromatic N) is 2. The maximum Gasteiger partial charge on any atom is 0.245 e. The number of likely N-dealkylation sites (tertiary alicyclic amines) is 1. The van der Waals surface area contributed by atoms with Crippen molar-refractivity contribution in [1.82, 2.24) is 10.2 Å². The summed E-state index contributed by atoms with van der Waals surface area (Å²) in [7, 11) is 3.49. The van der Waals surface area contributed by atoms with Gasteiger partial charge in [0.05, 0.1) is 18.5 Å². The molecule has 140 valence electrons. The zero-order valence-electron chi connectivity index (χ0n) is 15.8. The van der Waals surface area contributed by atoms with Crippen molar-refractivity contribution in [2.24, 2.45) is 4.99 Å². The van der Waals surface area contributed by atoms with Gasteiger partial charge < -0.3 is 20.3 Å². The number of piperidine rings is 1. The molecule has 26 heavy (non-hydrogen) atoms. The van der Waals surface area contributed by atoms with Crippen molar-refractivity contribution >= 4 is 29.2 Å². The molecule has 6 heteroatoms. The number of aliphatic imine (C=N–C) groups is 1. The van der Waals surface area contributed by atoms with E-state index in [9.17, 15) is 4.79 Å². The lowest BCUT2D eigenvalue weighted by atomic mass is 10.0. The molecule has 1 saturated heterocycles. The minimum atomic E-state index is -0.00424. The van der Waals surface area contributed by atoms with Crippen molar-refractivity contribution in [2.45, 2.75) is 25.8 Å². The largest absolute Gasteiger partial charge is 0.495 e. The highest BCUT2D eigenvalue weighted by molar-refractivity contribution is 5.87. The van der Waals surface area contributed by atoms with Gasteiger partial charge >= 0.3 is 0 Å². The summed E-state index contributed by atoms with van der Waals surface area (Å²) in [6.07, 6.45) is 4.87. The third-order valence-corrected chi connectivity index (χ3v) is 4.55. The predicted molar refractivity (Wildman–Crippen MR) is 108 cm³/mol. The lowest BCUT2D eigenvalue weighted by Crippen LogP contribution is -2.41. The summed E-state index contributed by atoms with van der Waals surface area (Å²) in [6.45, 7) is 10.9. The van der Waals surface area contributed by atoms with E-state index in [1.165, 1.54) is 6.08 Å². The zero-order chi connectivity index (χ0) is 19.1. The first kappa shape index (κ1) is 19.6. The molecule has 0 bridgehead atoms. The average molecular weight is 356 g/mol. The summed E-state index contributed by atoms with van der Waals surface area (Å²) < 4.78 is 5.55. The second kappa shape index (κ2) is 9.08. The van der Waals surface area contributed by atoms with Gasteiger partial charge in [0, 0.05) is 49.7 Å². The fourth-order valence-electron chi connectivity index (χ4n) is 3.07. The Bertz CT molecular complexity index is 704. The van der Waals surface area contributed by atoms with Gasteiger partial charge in [0.15, 0.2) is 0 Å². The number of anilines is 1. The molecule has 1 heterocycles. The standard InChI is InChI=1S/C20H28N4O2/c1-6-20(25)24-10-8-15(9-11-24)23-18-12-16(14(3)21-4)17(22-7-2)13-19(18)26-5/h6-7,12-13,15,21,23H,1,3,8-11H2,2,4-5H3. The minimum absolute atomic E-state index is 0.00424. The third kappa shape index (κ3) is 4.45. The van der Waals surface area contributed by atoms with Gasteiger partial charge in [-0.25, -0.2) is 0 Å². The van der Waals surface area contributed by atoms with E-state index in [1.807, 2.05) is 31.0 Å². The van der Waals surface area contributed by atoms with Crippen LogP contribution in [0.2, 0.25) is 0 Å². The van der Waals surface area contributed by atoms with Crippen LogP contribution in [0.25, 0.3) is 5.70 Å². The van der Waals surface area contributed by atoms with Gasteiger partial charge in [-0.1, -0.05) is 13.2 Å². The van der Waals surface area contributed by atoms with Crippen LogP contribution < -0.4 is 15.4 Å². The SMILES string of the molecule is C=CC(=O)N1CCC(Nc2cc(C(=C)NC)c(N=CC)cc2OC)CC1. The van der Waals surface area contributed by atoms with Crippen LogP contribution >= 0.6 is 0 Å². The molecule has 1 aliphatic rings. The summed E-state index contributed by atoms with van der Waals surface area (Å²) in [5.41, 5.74) is 3.43. The summed E-state index contributed by atoms with van der Waals surface area (Å²) in [5.74, 6) is 0.735. The number of hydrogen-bond acceptors (Lipinski definition) is 5. The molecular formula is C20H28N4O2. The van der Waals surface area contributed by atoms with E-state index in [4.69, 9.17) is 4.74 Å². The van der Waals surface area contributed by atoms with Crippen molar-refractivity contribution in [1.29, 1.82) is 0 Å². The lowest BCUT2D eigenvalue weighted by molar-refractivity contribution is -0.126. The van der Waals surface area contributed by atoms with Crippen LogP contribution in [0.5, 0.6) is 5.75 Å². The van der Waals surface area contributed by atoms with Crippen molar-refractivity contribution in [3.8, 4) is 5.75 Å². The van der Waals surface area contributed by atoms with E-state index >= 15 is 0 Å². The van der Waals surface area contributed by atoms with Crippen molar-refractivity contribution < 1.29 is 9.53 Å². The van der Waals surface area contributed by atoms with Crippen LogP contribution in [0.4, 0.5) is 11.4 Å². The van der Waals surface area contributed by atoms with Crippen LogP contribution in [0.1, 0.15) is 25.3 Å². The molecule has 6 nitrogen and oxygen atoms in total. The van der Waals surface area contributed by atoms with E-state index in [0.717, 1.165) is 54.3 Å². The molecule has 2 N–H and O–H groups in total. The molecule has 1 aromatic rings. The quantitative estimate of drug-likeness (QED) is 0.582. The molecular weight excluding hydrogens is 328 g/mol.